The molecule has 4 heteroatoms. The molecule has 0 aliphatic heterocycles. The molecule has 0 atom stereocenters. The van der Waals surface area contributed by atoms with Crippen molar-refractivity contribution in [2.75, 3.05) is 19.8 Å². The lowest BCUT2D eigenvalue weighted by atomic mass is 10.1. The van der Waals surface area contributed by atoms with Gasteiger partial charge in [-0.05, 0) is 19.8 Å². The van der Waals surface area contributed by atoms with Crippen molar-refractivity contribution < 1.29 is 13.3 Å². The number of hydrogen-bond acceptors (Lipinski definition) is 3. The highest BCUT2D eigenvalue weighted by Gasteiger charge is 2.38. The molecule has 0 heterocycles. The van der Waals surface area contributed by atoms with E-state index in [1.807, 2.05) is 13.8 Å². The molecule has 0 spiro atoms. The van der Waals surface area contributed by atoms with Crippen LogP contribution in [0.1, 0.15) is 47.5 Å². The van der Waals surface area contributed by atoms with Gasteiger partial charge >= 0.3 is 8.80 Å². The van der Waals surface area contributed by atoms with Gasteiger partial charge in [0, 0.05) is 25.9 Å². The van der Waals surface area contributed by atoms with Gasteiger partial charge in [0.1, 0.15) is 0 Å². The summed E-state index contributed by atoms with van der Waals surface area (Å²) in [5.74, 6) is 0.624. The van der Waals surface area contributed by atoms with Crippen LogP contribution in [0.3, 0.4) is 0 Å². The van der Waals surface area contributed by atoms with Crippen LogP contribution in [0.15, 0.2) is 0 Å². The second-order valence-corrected chi connectivity index (χ2v) is 6.84. The molecule has 98 valence electrons. The van der Waals surface area contributed by atoms with Gasteiger partial charge in [-0.1, -0.05) is 33.6 Å². The fourth-order valence-corrected chi connectivity index (χ4v) is 3.87. The van der Waals surface area contributed by atoms with Gasteiger partial charge in [-0.2, -0.15) is 0 Å². The Bertz CT molecular complexity index is 154. The predicted molar refractivity (Wildman–Crippen MR) is 69.5 cm³/mol. The normalized spacial score (nSPS) is 12.4. The number of hydrogen-bond donors (Lipinski definition) is 0. The van der Waals surface area contributed by atoms with Crippen molar-refractivity contribution in [3.63, 3.8) is 0 Å². The molecule has 0 aromatic carbocycles. The van der Waals surface area contributed by atoms with Crippen molar-refractivity contribution in [1.29, 1.82) is 0 Å². The molecule has 0 aliphatic rings. The zero-order chi connectivity index (χ0) is 12.4. The Labute approximate surface area is 102 Å². The maximum Gasteiger partial charge on any atom is 0.500 e. The van der Waals surface area contributed by atoms with Gasteiger partial charge in [-0.25, -0.2) is 0 Å². The monoisotopic (exact) mass is 248 g/mol. The van der Waals surface area contributed by atoms with Crippen LogP contribution < -0.4 is 0 Å². The molecule has 0 amide bonds. The second-order valence-electron chi connectivity index (χ2n) is 3.90. The second kappa shape index (κ2) is 9.16. The third-order valence-electron chi connectivity index (χ3n) is 2.86. The summed E-state index contributed by atoms with van der Waals surface area (Å²) in [4.78, 5) is 0. The highest BCUT2D eigenvalue weighted by Crippen LogP contribution is 2.18. The molecule has 0 radical (unpaired) electrons. The molecular weight excluding hydrogens is 220 g/mol. The Kier molecular flexibility index (Phi) is 9.22. The molecule has 0 rings (SSSR count). The van der Waals surface area contributed by atoms with E-state index in [1.54, 1.807) is 0 Å². The van der Waals surface area contributed by atoms with Gasteiger partial charge in [0.2, 0.25) is 0 Å². The number of rotatable bonds is 10. The van der Waals surface area contributed by atoms with Crippen LogP contribution in [0.2, 0.25) is 6.04 Å². The maximum atomic E-state index is 6.00. The van der Waals surface area contributed by atoms with Gasteiger partial charge in [0.05, 0.1) is 0 Å². The average molecular weight is 248 g/mol. The van der Waals surface area contributed by atoms with Crippen molar-refractivity contribution in [3.05, 3.63) is 0 Å². The van der Waals surface area contributed by atoms with Crippen molar-refractivity contribution >= 4 is 8.80 Å². The minimum absolute atomic E-state index is 0.624. The maximum absolute atomic E-state index is 6.00. The summed E-state index contributed by atoms with van der Waals surface area (Å²) in [7, 11) is -2.36. The predicted octanol–water partition coefficient (Wildman–Crippen LogP) is 3.47. The van der Waals surface area contributed by atoms with Crippen LogP contribution >= 0.6 is 0 Å². The highest BCUT2D eigenvalue weighted by molar-refractivity contribution is 6.60. The molecule has 0 saturated heterocycles. The fourth-order valence-electron chi connectivity index (χ4n) is 1.64. The molecule has 0 saturated carbocycles. The molecule has 0 unspecified atom stereocenters. The molecular formula is C12H28O3Si. The Morgan fingerprint density at radius 2 is 1.31 bits per heavy atom. The molecule has 3 nitrogen and oxygen atoms in total. The Balaban J connectivity index is 4.27. The summed E-state index contributed by atoms with van der Waals surface area (Å²) in [5, 5.41) is 0. The van der Waals surface area contributed by atoms with E-state index >= 15 is 0 Å². The summed E-state index contributed by atoms with van der Waals surface area (Å²) in [6.07, 6.45) is 2.31. The topological polar surface area (TPSA) is 27.7 Å². The van der Waals surface area contributed by atoms with E-state index in [1.165, 1.54) is 0 Å². The lowest BCUT2D eigenvalue weighted by Crippen LogP contribution is -2.46. The minimum Gasteiger partial charge on any atom is -0.374 e. The smallest absolute Gasteiger partial charge is 0.374 e. The van der Waals surface area contributed by atoms with Crippen LogP contribution in [0, 0.1) is 5.92 Å². The zero-order valence-electron chi connectivity index (χ0n) is 11.5. The van der Waals surface area contributed by atoms with E-state index in [0.29, 0.717) is 19.1 Å². The first-order chi connectivity index (χ1) is 7.67. The first-order valence-electron chi connectivity index (χ1n) is 6.59. The summed E-state index contributed by atoms with van der Waals surface area (Å²) in [5.41, 5.74) is 0. The first-order valence-corrected chi connectivity index (χ1v) is 8.52. The van der Waals surface area contributed by atoms with E-state index in [-0.39, 0.29) is 0 Å². The molecule has 0 bridgehead atoms. The van der Waals surface area contributed by atoms with E-state index in [4.69, 9.17) is 13.3 Å². The van der Waals surface area contributed by atoms with Gasteiger partial charge in [-0.15, -0.1) is 0 Å². The van der Waals surface area contributed by atoms with E-state index in [0.717, 1.165) is 25.5 Å². The van der Waals surface area contributed by atoms with Crippen molar-refractivity contribution in [2.24, 2.45) is 5.92 Å². The van der Waals surface area contributed by atoms with Crippen molar-refractivity contribution in [3.8, 4) is 0 Å². The van der Waals surface area contributed by atoms with E-state index in [9.17, 15) is 0 Å². The zero-order valence-corrected chi connectivity index (χ0v) is 12.5. The summed E-state index contributed by atoms with van der Waals surface area (Å²) in [6.45, 7) is 12.6. The summed E-state index contributed by atoms with van der Waals surface area (Å²) >= 11 is 0. The Morgan fingerprint density at radius 1 is 0.812 bits per heavy atom. The van der Waals surface area contributed by atoms with Gasteiger partial charge in [-0.3, -0.25) is 0 Å². The van der Waals surface area contributed by atoms with Crippen LogP contribution in [0.4, 0.5) is 0 Å². The quantitative estimate of drug-likeness (QED) is 0.554. The lowest BCUT2D eigenvalue weighted by Gasteiger charge is -2.29. The third kappa shape index (κ3) is 5.43. The Morgan fingerprint density at radius 3 is 1.62 bits per heavy atom. The molecule has 0 aliphatic carbocycles. The molecule has 0 N–H and O–H groups in total. The Hall–Kier alpha value is 0.0969. The summed E-state index contributed by atoms with van der Waals surface area (Å²) < 4.78 is 17.5. The van der Waals surface area contributed by atoms with Crippen molar-refractivity contribution in [2.45, 2.75) is 53.5 Å². The molecule has 16 heavy (non-hydrogen) atoms. The van der Waals surface area contributed by atoms with E-state index in [2.05, 4.69) is 20.8 Å². The van der Waals surface area contributed by atoms with Crippen LogP contribution in [-0.2, 0) is 13.3 Å². The van der Waals surface area contributed by atoms with Crippen LogP contribution in [0.5, 0.6) is 0 Å². The van der Waals surface area contributed by atoms with Crippen LogP contribution in [-0.4, -0.2) is 28.6 Å². The first kappa shape index (κ1) is 16.1. The lowest BCUT2D eigenvalue weighted by molar-refractivity contribution is 0.0546. The molecule has 0 aromatic rings. The summed E-state index contributed by atoms with van der Waals surface area (Å²) in [6, 6.07) is 0.856. The molecule has 0 aromatic heterocycles. The van der Waals surface area contributed by atoms with E-state index < -0.39 is 8.80 Å². The van der Waals surface area contributed by atoms with Gasteiger partial charge < -0.3 is 13.3 Å². The average Bonchev–Trinajstić information content (AvgIpc) is 2.30. The fraction of sp³-hybridized carbons (Fsp3) is 1.00. The van der Waals surface area contributed by atoms with Crippen molar-refractivity contribution in [1.82, 2.24) is 0 Å². The largest absolute Gasteiger partial charge is 0.500 e. The third-order valence-corrected chi connectivity index (χ3v) is 5.78. The standard InChI is InChI=1S/C12H28O3Si/c1-6-12(7-2)11-15-16(10-5,13-8-3)14-9-4/h12H,6-11H2,1-5H3. The highest BCUT2D eigenvalue weighted by atomic mass is 28.4. The van der Waals surface area contributed by atoms with Gasteiger partial charge in [0.15, 0.2) is 0 Å². The SMILES string of the molecule is CCO[Si](CC)(OCC)OCC(CC)CC. The van der Waals surface area contributed by atoms with Crippen LogP contribution in [0.25, 0.3) is 0 Å². The van der Waals surface area contributed by atoms with Gasteiger partial charge in [0.25, 0.3) is 0 Å². The minimum atomic E-state index is -2.36. The molecule has 0 fully saturated rings.